The lowest BCUT2D eigenvalue weighted by atomic mass is 10.3. The minimum absolute atomic E-state index is 0.134. The lowest BCUT2D eigenvalue weighted by molar-refractivity contribution is 0.0854. The third kappa shape index (κ3) is 2.20. The van der Waals surface area contributed by atoms with E-state index in [9.17, 15) is 0 Å². The Labute approximate surface area is 77.8 Å². The van der Waals surface area contributed by atoms with E-state index < -0.39 is 0 Å². The van der Waals surface area contributed by atoms with Crippen LogP contribution in [0, 0.1) is 0 Å². The van der Waals surface area contributed by atoms with Crippen molar-refractivity contribution in [3.63, 3.8) is 0 Å². The predicted octanol–water partition coefficient (Wildman–Crippen LogP) is 1.73. The maximum atomic E-state index is 5.27. The van der Waals surface area contributed by atoms with Gasteiger partial charge in [-0.25, -0.2) is 0 Å². The van der Waals surface area contributed by atoms with Crippen LogP contribution in [0.2, 0.25) is 0 Å². The van der Waals surface area contributed by atoms with Gasteiger partial charge in [0.2, 0.25) is 0 Å². The predicted molar refractivity (Wildman–Crippen MR) is 52.7 cm³/mol. The average Bonchev–Trinajstić information content (AvgIpc) is 2.15. The highest BCUT2D eigenvalue weighted by Gasteiger charge is 2.12. The Morgan fingerprint density at radius 2 is 2.50 bits per heavy atom. The molecule has 0 N–H and O–H groups in total. The van der Waals surface area contributed by atoms with Gasteiger partial charge in [0, 0.05) is 6.54 Å². The van der Waals surface area contributed by atoms with Gasteiger partial charge in [-0.2, -0.15) is 0 Å². The highest BCUT2D eigenvalue weighted by Crippen LogP contribution is 2.06. The van der Waals surface area contributed by atoms with E-state index >= 15 is 0 Å². The largest absolute Gasteiger partial charge is 0.474 e. The first-order valence-corrected chi connectivity index (χ1v) is 4.03. The van der Waals surface area contributed by atoms with Crippen molar-refractivity contribution >= 4 is 17.7 Å². The van der Waals surface area contributed by atoms with E-state index in [0.717, 1.165) is 0 Å². The third-order valence-corrected chi connectivity index (χ3v) is 1.67. The van der Waals surface area contributed by atoms with Crippen LogP contribution in [0.15, 0.2) is 37.1 Å². The average molecular weight is 180 g/mol. The molecule has 2 nitrogen and oxygen atoms in total. The van der Waals surface area contributed by atoms with Gasteiger partial charge in [0.15, 0.2) is 6.23 Å². The van der Waals surface area contributed by atoms with Crippen LogP contribution in [0.1, 0.15) is 0 Å². The second kappa shape index (κ2) is 4.72. The fourth-order valence-corrected chi connectivity index (χ4v) is 1.06. The number of thiocarbonyl (C=S) groups is 1. The van der Waals surface area contributed by atoms with Gasteiger partial charge in [-0.3, -0.25) is 0 Å². The van der Waals surface area contributed by atoms with E-state index in [0.29, 0.717) is 6.54 Å². The molecule has 12 heavy (non-hydrogen) atoms. The zero-order chi connectivity index (χ0) is 8.81. The summed E-state index contributed by atoms with van der Waals surface area (Å²) in [5, 5.41) is 0. The highest BCUT2D eigenvalue weighted by atomic mass is 32.1. The van der Waals surface area contributed by atoms with E-state index in [4.69, 9.17) is 17.0 Å². The summed E-state index contributed by atoms with van der Waals surface area (Å²) in [6.07, 6.45) is 8.90. The molecule has 0 aliphatic carbocycles. The quantitative estimate of drug-likeness (QED) is 0.371. The van der Waals surface area contributed by atoms with Gasteiger partial charge in [0.25, 0.3) is 0 Å². The van der Waals surface area contributed by atoms with Crippen molar-refractivity contribution in [2.45, 2.75) is 6.23 Å². The number of rotatable bonds is 4. The van der Waals surface area contributed by atoms with Crippen LogP contribution < -0.4 is 0 Å². The van der Waals surface area contributed by atoms with Crippen molar-refractivity contribution in [1.29, 1.82) is 0 Å². The van der Waals surface area contributed by atoms with Crippen LogP contribution in [0.5, 0.6) is 0 Å². The standard InChI is InChI=1S/C9H10NOS/c1-2-6-10(8-12)9-5-3-4-7-11-9/h2-5,7,9H,1,6H2. The van der Waals surface area contributed by atoms with Crippen LogP contribution in [0.3, 0.4) is 0 Å². The number of allylic oxidation sites excluding steroid dienone is 2. The summed E-state index contributed by atoms with van der Waals surface area (Å²) in [6, 6.07) is 0. The van der Waals surface area contributed by atoms with Crippen LogP contribution in [0.4, 0.5) is 0 Å². The molecule has 0 fully saturated rings. The van der Waals surface area contributed by atoms with E-state index in [1.54, 1.807) is 17.2 Å². The Balaban J connectivity index is 2.53. The summed E-state index contributed by atoms with van der Waals surface area (Å²) < 4.78 is 5.27. The first-order valence-electron chi connectivity index (χ1n) is 3.62. The van der Waals surface area contributed by atoms with Gasteiger partial charge in [0.1, 0.15) is 5.49 Å². The molecular weight excluding hydrogens is 170 g/mol. The van der Waals surface area contributed by atoms with Crippen molar-refractivity contribution in [2.75, 3.05) is 6.54 Å². The molecule has 1 aliphatic heterocycles. The summed E-state index contributed by atoms with van der Waals surface area (Å²) in [7, 11) is 0. The minimum Gasteiger partial charge on any atom is -0.474 e. The molecule has 1 atom stereocenters. The molecule has 1 unspecified atom stereocenters. The number of hydrogen-bond acceptors (Lipinski definition) is 2. The van der Waals surface area contributed by atoms with Crippen LogP contribution in [-0.4, -0.2) is 23.2 Å². The Morgan fingerprint density at radius 3 is 3.00 bits per heavy atom. The molecule has 0 aromatic carbocycles. The summed E-state index contributed by atoms with van der Waals surface area (Å²) in [6.45, 7) is 4.26. The molecule has 0 amide bonds. The topological polar surface area (TPSA) is 12.5 Å². The van der Waals surface area contributed by atoms with Crippen molar-refractivity contribution in [1.82, 2.24) is 4.90 Å². The van der Waals surface area contributed by atoms with E-state index in [1.165, 1.54) is 0 Å². The summed E-state index contributed by atoms with van der Waals surface area (Å²) in [5.74, 6) is 0. The van der Waals surface area contributed by atoms with E-state index in [1.807, 2.05) is 18.2 Å². The maximum Gasteiger partial charge on any atom is 0.192 e. The van der Waals surface area contributed by atoms with Crippen molar-refractivity contribution in [3.8, 4) is 0 Å². The normalized spacial score (nSPS) is 19.8. The minimum atomic E-state index is -0.134. The summed E-state index contributed by atoms with van der Waals surface area (Å²) in [5.41, 5.74) is 2.61. The maximum absolute atomic E-state index is 5.27. The van der Waals surface area contributed by atoms with Crippen molar-refractivity contribution in [2.24, 2.45) is 0 Å². The molecule has 0 spiro atoms. The van der Waals surface area contributed by atoms with Gasteiger partial charge in [0.05, 0.1) is 6.26 Å². The van der Waals surface area contributed by atoms with Crippen molar-refractivity contribution < 1.29 is 4.74 Å². The molecule has 3 heteroatoms. The molecule has 1 rings (SSSR count). The lowest BCUT2D eigenvalue weighted by Crippen LogP contribution is -2.33. The molecule has 0 saturated heterocycles. The fraction of sp³-hybridized carbons (Fsp3) is 0.222. The Bertz CT molecular complexity index is 221. The lowest BCUT2D eigenvalue weighted by Gasteiger charge is -2.25. The monoisotopic (exact) mass is 180 g/mol. The SMILES string of the molecule is C=CCN([C]=S)C1C=CC=CO1. The van der Waals surface area contributed by atoms with Crippen LogP contribution >= 0.6 is 12.2 Å². The Morgan fingerprint density at radius 1 is 1.67 bits per heavy atom. The first-order chi connectivity index (χ1) is 5.88. The molecule has 1 heterocycles. The second-order valence-electron chi connectivity index (χ2n) is 2.27. The van der Waals surface area contributed by atoms with Crippen molar-refractivity contribution in [3.05, 3.63) is 37.1 Å². The molecule has 1 aliphatic rings. The Hall–Kier alpha value is -1.09. The van der Waals surface area contributed by atoms with Crippen LogP contribution in [-0.2, 0) is 4.74 Å². The Kier molecular flexibility index (Phi) is 3.54. The van der Waals surface area contributed by atoms with Gasteiger partial charge < -0.3 is 9.64 Å². The molecule has 1 radical (unpaired) electrons. The second-order valence-corrected chi connectivity index (χ2v) is 2.45. The van der Waals surface area contributed by atoms with E-state index in [-0.39, 0.29) is 6.23 Å². The summed E-state index contributed by atoms with van der Waals surface area (Å²) in [4.78, 5) is 1.75. The fourth-order valence-electron chi connectivity index (χ4n) is 0.885. The smallest absolute Gasteiger partial charge is 0.192 e. The highest BCUT2D eigenvalue weighted by molar-refractivity contribution is 7.78. The molecule has 0 aromatic heterocycles. The van der Waals surface area contributed by atoms with Gasteiger partial charge in [-0.05, 0) is 12.2 Å². The van der Waals surface area contributed by atoms with Crippen LogP contribution in [0.25, 0.3) is 0 Å². The molecular formula is C9H10NOS. The zero-order valence-electron chi connectivity index (χ0n) is 6.64. The van der Waals surface area contributed by atoms with E-state index in [2.05, 4.69) is 12.1 Å². The molecule has 0 bridgehead atoms. The molecule has 0 saturated carbocycles. The number of nitrogens with zero attached hydrogens (tertiary/aromatic N) is 1. The van der Waals surface area contributed by atoms with Gasteiger partial charge >= 0.3 is 0 Å². The number of ether oxygens (including phenoxy) is 1. The summed E-state index contributed by atoms with van der Waals surface area (Å²) >= 11 is 4.71. The molecule has 0 aromatic rings. The van der Waals surface area contributed by atoms with Gasteiger partial charge in [-0.1, -0.05) is 24.4 Å². The zero-order valence-corrected chi connectivity index (χ0v) is 7.46. The third-order valence-electron chi connectivity index (χ3n) is 1.43. The van der Waals surface area contributed by atoms with Gasteiger partial charge in [-0.15, -0.1) is 6.58 Å². The number of hydrogen-bond donors (Lipinski definition) is 0. The molecule has 63 valence electrons. The first kappa shape index (κ1) is 9.00.